The number of rotatable bonds is 6. The van der Waals surface area contributed by atoms with Crippen molar-refractivity contribution in [1.82, 2.24) is 15.1 Å². The first-order chi connectivity index (χ1) is 8.29. The second kappa shape index (κ2) is 6.14. The largest absolute Gasteiger partial charge is 0.390 e. The fraction of sp³-hybridized carbons (Fsp3) is 0.750. The number of nitrogens with zero attached hydrogens (tertiary/aromatic N) is 2. The van der Waals surface area contributed by atoms with Crippen molar-refractivity contribution in [2.45, 2.75) is 44.1 Å². The Balaban J connectivity index is 1.70. The van der Waals surface area contributed by atoms with Crippen LogP contribution in [0.15, 0.2) is 18.5 Å². The van der Waals surface area contributed by atoms with Gasteiger partial charge >= 0.3 is 0 Å². The molecule has 0 bridgehead atoms. The maximum atomic E-state index is 9.88. The van der Waals surface area contributed by atoms with Crippen LogP contribution in [-0.2, 0) is 11.3 Å². The Kier molecular flexibility index (Phi) is 4.53. The van der Waals surface area contributed by atoms with Crippen LogP contribution >= 0.6 is 0 Å². The van der Waals surface area contributed by atoms with Gasteiger partial charge in [0.1, 0.15) is 0 Å². The highest BCUT2D eigenvalue weighted by Crippen LogP contribution is 2.21. The molecule has 2 rings (SSSR count). The Morgan fingerprint density at radius 1 is 1.59 bits per heavy atom. The van der Waals surface area contributed by atoms with Gasteiger partial charge in [-0.25, -0.2) is 0 Å². The summed E-state index contributed by atoms with van der Waals surface area (Å²) < 4.78 is 7.15. The van der Waals surface area contributed by atoms with Crippen LogP contribution in [0.3, 0.4) is 0 Å². The lowest BCUT2D eigenvalue weighted by Crippen LogP contribution is -2.41. The van der Waals surface area contributed by atoms with Crippen LogP contribution in [-0.4, -0.2) is 46.8 Å². The molecule has 5 nitrogen and oxygen atoms in total. The van der Waals surface area contributed by atoms with Gasteiger partial charge in [0.15, 0.2) is 0 Å². The molecule has 5 heteroatoms. The Labute approximate surface area is 102 Å². The summed E-state index contributed by atoms with van der Waals surface area (Å²) in [5.74, 6) is 0. The Hall–Kier alpha value is -0.910. The highest BCUT2D eigenvalue weighted by molar-refractivity contribution is 4.85. The van der Waals surface area contributed by atoms with Crippen LogP contribution in [0.1, 0.15) is 19.3 Å². The SMILES string of the molecule is COC1CCCC1NCC(O)Cn1cccn1. The summed E-state index contributed by atoms with van der Waals surface area (Å²) >= 11 is 0. The number of nitrogens with one attached hydrogen (secondary N) is 1. The Morgan fingerprint density at radius 3 is 3.18 bits per heavy atom. The zero-order valence-corrected chi connectivity index (χ0v) is 10.2. The van der Waals surface area contributed by atoms with E-state index in [2.05, 4.69) is 10.4 Å². The minimum Gasteiger partial charge on any atom is -0.390 e. The van der Waals surface area contributed by atoms with Gasteiger partial charge in [0.05, 0.1) is 18.8 Å². The Morgan fingerprint density at radius 2 is 2.47 bits per heavy atom. The summed E-state index contributed by atoms with van der Waals surface area (Å²) in [5, 5.41) is 17.3. The van der Waals surface area contributed by atoms with E-state index in [1.54, 1.807) is 18.0 Å². The van der Waals surface area contributed by atoms with E-state index in [4.69, 9.17) is 4.74 Å². The minimum absolute atomic E-state index is 0.298. The topological polar surface area (TPSA) is 59.3 Å². The van der Waals surface area contributed by atoms with Gasteiger partial charge in [-0.15, -0.1) is 0 Å². The lowest BCUT2D eigenvalue weighted by molar-refractivity contribution is 0.0755. The standard InChI is InChI=1S/C12H21N3O2/c1-17-12-5-2-4-11(12)13-8-10(16)9-15-7-3-6-14-15/h3,6-7,10-13,16H,2,4-5,8-9H2,1H3. The van der Waals surface area contributed by atoms with Crippen LogP contribution in [0, 0.1) is 0 Å². The van der Waals surface area contributed by atoms with Crippen LogP contribution < -0.4 is 5.32 Å². The lowest BCUT2D eigenvalue weighted by Gasteiger charge is -2.21. The van der Waals surface area contributed by atoms with Crippen LogP contribution in [0.4, 0.5) is 0 Å². The van der Waals surface area contributed by atoms with Crippen molar-refractivity contribution in [2.24, 2.45) is 0 Å². The van der Waals surface area contributed by atoms with Gasteiger partial charge < -0.3 is 15.2 Å². The first-order valence-corrected chi connectivity index (χ1v) is 6.21. The van der Waals surface area contributed by atoms with E-state index in [1.165, 1.54) is 6.42 Å². The van der Waals surface area contributed by atoms with Gasteiger partial charge in [0.25, 0.3) is 0 Å². The average molecular weight is 239 g/mol. The smallest absolute Gasteiger partial charge is 0.0860 e. The van der Waals surface area contributed by atoms with Crippen molar-refractivity contribution >= 4 is 0 Å². The van der Waals surface area contributed by atoms with Crippen molar-refractivity contribution in [3.63, 3.8) is 0 Å². The molecule has 0 radical (unpaired) electrons. The zero-order chi connectivity index (χ0) is 12.1. The number of hydrogen-bond acceptors (Lipinski definition) is 4. The molecule has 1 saturated carbocycles. The number of aromatic nitrogens is 2. The lowest BCUT2D eigenvalue weighted by atomic mass is 10.2. The minimum atomic E-state index is -0.409. The molecule has 0 spiro atoms. The molecule has 3 unspecified atom stereocenters. The molecular formula is C12H21N3O2. The molecule has 1 heterocycles. The predicted molar refractivity (Wildman–Crippen MR) is 64.7 cm³/mol. The van der Waals surface area contributed by atoms with Crippen molar-refractivity contribution in [3.8, 4) is 0 Å². The number of methoxy groups -OCH3 is 1. The first kappa shape index (κ1) is 12.5. The van der Waals surface area contributed by atoms with Crippen molar-refractivity contribution in [3.05, 3.63) is 18.5 Å². The van der Waals surface area contributed by atoms with E-state index >= 15 is 0 Å². The maximum Gasteiger partial charge on any atom is 0.0860 e. The molecule has 96 valence electrons. The summed E-state index contributed by atoms with van der Waals surface area (Å²) in [4.78, 5) is 0. The van der Waals surface area contributed by atoms with Gasteiger partial charge in [-0.2, -0.15) is 5.10 Å². The molecule has 0 aromatic carbocycles. The number of aliphatic hydroxyl groups is 1. The highest BCUT2D eigenvalue weighted by atomic mass is 16.5. The molecule has 1 aromatic heterocycles. The molecule has 3 atom stereocenters. The zero-order valence-electron chi connectivity index (χ0n) is 10.2. The average Bonchev–Trinajstić information content (AvgIpc) is 2.96. The summed E-state index contributed by atoms with van der Waals surface area (Å²) in [6, 6.07) is 2.24. The second-order valence-corrected chi connectivity index (χ2v) is 4.60. The summed E-state index contributed by atoms with van der Waals surface area (Å²) in [6.07, 6.45) is 6.91. The molecule has 1 fully saturated rings. The molecule has 0 amide bonds. The number of hydrogen-bond donors (Lipinski definition) is 2. The van der Waals surface area contributed by atoms with Gasteiger partial charge in [0.2, 0.25) is 0 Å². The maximum absolute atomic E-state index is 9.88. The third kappa shape index (κ3) is 3.52. The van der Waals surface area contributed by atoms with Crippen molar-refractivity contribution in [1.29, 1.82) is 0 Å². The third-order valence-electron chi connectivity index (χ3n) is 3.33. The van der Waals surface area contributed by atoms with Crippen LogP contribution in [0.2, 0.25) is 0 Å². The predicted octanol–water partition coefficient (Wildman–Crippen LogP) is 0.401. The van der Waals surface area contributed by atoms with Gasteiger partial charge in [-0.3, -0.25) is 4.68 Å². The van der Waals surface area contributed by atoms with Crippen LogP contribution in [0.25, 0.3) is 0 Å². The van der Waals surface area contributed by atoms with E-state index < -0.39 is 6.10 Å². The number of aliphatic hydroxyl groups excluding tert-OH is 1. The molecule has 1 aromatic rings. The molecular weight excluding hydrogens is 218 g/mol. The van der Waals surface area contributed by atoms with E-state index in [0.717, 1.165) is 12.8 Å². The normalized spacial score (nSPS) is 26.2. The molecule has 1 aliphatic rings. The van der Waals surface area contributed by atoms with E-state index in [9.17, 15) is 5.11 Å². The van der Waals surface area contributed by atoms with Crippen molar-refractivity contribution < 1.29 is 9.84 Å². The van der Waals surface area contributed by atoms with E-state index in [1.807, 2.05) is 12.3 Å². The molecule has 1 aliphatic carbocycles. The van der Waals surface area contributed by atoms with E-state index in [0.29, 0.717) is 25.2 Å². The summed E-state index contributed by atoms with van der Waals surface area (Å²) in [6.45, 7) is 1.12. The molecule has 2 N–H and O–H groups in total. The second-order valence-electron chi connectivity index (χ2n) is 4.60. The first-order valence-electron chi connectivity index (χ1n) is 6.21. The third-order valence-corrected chi connectivity index (χ3v) is 3.33. The number of ether oxygens (including phenoxy) is 1. The van der Waals surface area contributed by atoms with Crippen LogP contribution in [0.5, 0.6) is 0 Å². The summed E-state index contributed by atoms with van der Waals surface area (Å²) in [5.41, 5.74) is 0. The monoisotopic (exact) mass is 239 g/mol. The quantitative estimate of drug-likeness (QED) is 0.754. The fourth-order valence-electron chi connectivity index (χ4n) is 2.42. The van der Waals surface area contributed by atoms with Crippen molar-refractivity contribution in [2.75, 3.05) is 13.7 Å². The Bertz CT molecular complexity index is 316. The molecule has 0 aliphatic heterocycles. The van der Waals surface area contributed by atoms with Gasteiger partial charge in [-0.05, 0) is 25.3 Å². The molecule has 0 saturated heterocycles. The summed E-state index contributed by atoms with van der Waals surface area (Å²) in [7, 11) is 1.75. The van der Waals surface area contributed by atoms with Gasteiger partial charge in [-0.1, -0.05) is 0 Å². The molecule has 17 heavy (non-hydrogen) atoms. The van der Waals surface area contributed by atoms with Gasteiger partial charge in [0, 0.05) is 32.1 Å². The fourth-order valence-corrected chi connectivity index (χ4v) is 2.42. The highest BCUT2D eigenvalue weighted by Gasteiger charge is 2.26. The van der Waals surface area contributed by atoms with E-state index in [-0.39, 0.29) is 0 Å².